The summed E-state index contributed by atoms with van der Waals surface area (Å²) in [5, 5.41) is 3.05. The summed E-state index contributed by atoms with van der Waals surface area (Å²) in [4.78, 5) is 16.6. The smallest absolute Gasteiger partial charge is 0.251 e. The quantitative estimate of drug-likeness (QED) is 0.909. The number of nitrogens with zero attached hydrogens (tertiary/aromatic N) is 1. The van der Waals surface area contributed by atoms with Gasteiger partial charge >= 0.3 is 0 Å². The van der Waals surface area contributed by atoms with Gasteiger partial charge in [-0.25, -0.2) is 0 Å². The fourth-order valence-corrected chi connectivity index (χ4v) is 2.47. The van der Waals surface area contributed by atoms with Gasteiger partial charge in [0.15, 0.2) is 0 Å². The Labute approximate surface area is 119 Å². The standard InChI is InChI=1S/C15H22N2O3/c1-4-20-14-9-19-6-5-13(14)17-15(18)12-7-10(2)16-11(3)8-12/h7-8,13-14H,4-6,9H2,1-3H3,(H,17,18)/t13-,14-/m1/s1. The predicted octanol–water partition coefficient (Wildman–Crippen LogP) is 1.62. The van der Waals surface area contributed by atoms with Gasteiger partial charge in [-0.2, -0.15) is 0 Å². The molecule has 5 heteroatoms. The van der Waals surface area contributed by atoms with E-state index in [0.29, 0.717) is 25.4 Å². The molecule has 1 aliphatic rings. The Kier molecular flexibility index (Phi) is 5.09. The molecule has 0 bridgehead atoms. The van der Waals surface area contributed by atoms with Crippen LogP contribution >= 0.6 is 0 Å². The van der Waals surface area contributed by atoms with Crippen LogP contribution in [0, 0.1) is 13.8 Å². The van der Waals surface area contributed by atoms with Gasteiger partial charge in [0.25, 0.3) is 5.91 Å². The van der Waals surface area contributed by atoms with Crippen molar-refractivity contribution < 1.29 is 14.3 Å². The van der Waals surface area contributed by atoms with Gasteiger partial charge in [-0.3, -0.25) is 9.78 Å². The number of carbonyl (C=O) groups excluding carboxylic acids is 1. The number of aryl methyl sites for hydroxylation is 2. The molecule has 0 saturated carbocycles. The maximum absolute atomic E-state index is 12.3. The molecule has 1 aromatic rings. The van der Waals surface area contributed by atoms with E-state index in [0.717, 1.165) is 17.8 Å². The predicted molar refractivity (Wildman–Crippen MR) is 75.8 cm³/mol. The van der Waals surface area contributed by atoms with Gasteiger partial charge in [-0.1, -0.05) is 0 Å². The number of rotatable bonds is 4. The molecule has 1 fully saturated rings. The molecule has 1 aliphatic heterocycles. The first-order valence-corrected chi connectivity index (χ1v) is 7.05. The van der Waals surface area contributed by atoms with Crippen molar-refractivity contribution >= 4 is 5.91 Å². The molecule has 0 spiro atoms. The van der Waals surface area contributed by atoms with Gasteiger partial charge in [0.05, 0.1) is 12.6 Å². The minimum atomic E-state index is -0.0739. The van der Waals surface area contributed by atoms with Crippen LogP contribution in [-0.4, -0.2) is 42.9 Å². The summed E-state index contributed by atoms with van der Waals surface area (Å²) in [5.41, 5.74) is 2.35. The summed E-state index contributed by atoms with van der Waals surface area (Å²) in [6.07, 6.45) is 0.709. The zero-order valence-electron chi connectivity index (χ0n) is 12.3. The van der Waals surface area contributed by atoms with Crippen LogP contribution in [0.3, 0.4) is 0 Å². The van der Waals surface area contributed by atoms with Gasteiger partial charge in [-0.05, 0) is 39.3 Å². The Bertz CT molecular complexity index is 454. The fourth-order valence-electron chi connectivity index (χ4n) is 2.47. The first kappa shape index (κ1) is 14.9. The van der Waals surface area contributed by atoms with E-state index in [1.54, 1.807) is 12.1 Å². The monoisotopic (exact) mass is 278 g/mol. The van der Waals surface area contributed by atoms with E-state index in [9.17, 15) is 4.79 Å². The highest BCUT2D eigenvalue weighted by Gasteiger charge is 2.27. The molecule has 1 N–H and O–H groups in total. The van der Waals surface area contributed by atoms with Crippen molar-refractivity contribution in [3.63, 3.8) is 0 Å². The van der Waals surface area contributed by atoms with Crippen molar-refractivity contribution in [2.75, 3.05) is 19.8 Å². The van der Waals surface area contributed by atoms with E-state index in [-0.39, 0.29) is 18.1 Å². The Hall–Kier alpha value is -1.46. The Morgan fingerprint density at radius 2 is 2.15 bits per heavy atom. The van der Waals surface area contributed by atoms with Gasteiger partial charge < -0.3 is 14.8 Å². The van der Waals surface area contributed by atoms with Crippen LogP contribution in [0.5, 0.6) is 0 Å². The van der Waals surface area contributed by atoms with Gasteiger partial charge in [0.2, 0.25) is 0 Å². The largest absolute Gasteiger partial charge is 0.379 e. The maximum Gasteiger partial charge on any atom is 0.251 e. The molecule has 0 aliphatic carbocycles. The Morgan fingerprint density at radius 3 is 2.80 bits per heavy atom. The van der Waals surface area contributed by atoms with Crippen LogP contribution in [0.1, 0.15) is 35.1 Å². The van der Waals surface area contributed by atoms with Crippen LogP contribution < -0.4 is 5.32 Å². The number of amides is 1. The normalized spacial score (nSPS) is 22.6. The molecule has 1 amide bonds. The summed E-state index contributed by atoms with van der Waals surface area (Å²) in [6, 6.07) is 3.61. The van der Waals surface area contributed by atoms with Gasteiger partial charge in [-0.15, -0.1) is 0 Å². The van der Waals surface area contributed by atoms with Gasteiger partial charge in [0, 0.05) is 30.2 Å². The number of pyridine rings is 1. The second kappa shape index (κ2) is 6.81. The minimum Gasteiger partial charge on any atom is -0.379 e. The van der Waals surface area contributed by atoms with Gasteiger partial charge in [0.1, 0.15) is 6.10 Å². The molecule has 0 radical (unpaired) electrons. The van der Waals surface area contributed by atoms with E-state index >= 15 is 0 Å². The van der Waals surface area contributed by atoms with Crippen molar-refractivity contribution in [1.82, 2.24) is 10.3 Å². The van der Waals surface area contributed by atoms with E-state index in [1.807, 2.05) is 20.8 Å². The lowest BCUT2D eigenvalue weighted by Gasteiger charge is -2.31. The highest BCUT2D eigenvalue weighted by atomic mass is 16.5. The molecule has 5 nitrogen and oxygen atoms in total. The Balaban J connectivity index is 2.05. The van der Waals surface area contributed by atoms with Crippen molar-refractivity contribution in [1.29, 1.82) is 0 Å². The molecule has 1 saturated heterocycles. The first-order valence-electron chi connectivity index (χ1n) is 7.05. The van der Waals surface area contributed by atoms with E-state index in [1.165, 1.54) is 0 Å². The number of aromatic nitrogens is 1. The van der Waals surface area contributed by atoms with E-state index in [4.69, 9.17) is 9.47 Å². The SMILES string of the molecule is CCO[C@@H]1COCC[C@H]1NC(=O)c1cc(C)nc(C)c1. The minimum absolute atomic E-state index is 0.00461. The number of nitrogens with one attached hydrogen (secondary N) is 1. The molecule has 2 heterocycles. The summed E-state index contributed by atoms with van der Waals surface area (Å²) < 4.78 is 11.0. The zero-order chi connectivity index (χ0) is 14.5. The fraction of sp³-hybridized carbons (Fsp3) is 0.600. The molecule has 2 atom stereocenters. The molecule has 0 aromatic carbocycles. The summed E-state index contributed by atoms with van der Waals surface area (Å²) >= 11 is 0. The van der Waals surface area contributed by atoms with Crippen LogP contribution in [0.15, 0.2) is 12.1 Å². The molecule has 20 heavy (non-hydrogen) atoms. The third-order valence-corrected chi connectivity index (χ3v) is 3.35. The van der Waals surface area contributed by atoms with Crippen molar-refractivity contribution in [2.45, 2.75) is 39.3 Å². The maximum atomic E-state index is 12.3. The van der Waals surface area contributed by atoms with Crippen LogP contribution in [0.2, 0.25) is 0 Å². The van der Waals surface area contributed by atoms with Crippen molar-refractivity contribution in [3.05, 3.63) is 29.1 Å². The summed E-state index contributed by atoms with van der Waals surface area (Å²) in [6.45, 7) is 7.54. The molecular weight excluding hydrogens is 256 g/mol. The lowest BCUT2D eigenvalue weighted by Crippen LogP contribution is -2.50. The van der Waals surface area contributed by atoms with Crippen LogP contribution in [0.4, 0.5) is 0 Å². The summed E-state index contributed by atoms with van der Waals surface area (Å²) in [5.74, 6) is -0.0739. The van der Waals surface area contributed by atoms with Crippen LogP contribution in [-0.2, 0) is 9.47 Å². The second-order valence-corrected chi connectivity index (χ2v) is 5.08. The number of hydrogen-bond donors (Lipinski definition) is 1. The van der Waals surface area contributed by atoms with Crippen LogP contribution in [0.25, 0.3) is 0 Å². The lowest BCUT2D eigenvalue weighted by molar-refractivity contribution is -0.0632. The Morgan fingerprint density at radius 1 is 1.45 bits per heavy atom. The number of ether oxygens (including phenoxy) is 2. The molecule has 1 aromatic heterocycles. The summed E-state index contributed by atoms with van der Waals surface area (Å²) in [7, 11) is 0. The molecule has 2 rings (SSSR count). The molecule has 110 valence electrons. The third-order valence-electron chi connectivity index (χ3n) is 3.35. The van der Waals surface area contributed by atoms with E-state index < -0.39 is 0 Å². The van der Waals surface area contributed by atoms with E-state index in [2.05, 4.69) is 10.3 Å². The third kappa shape index (κ3) is 3.77. The lowest BCUT2D eigenvalue weighted by atomic mass is 10.0. The topological polar surface area (TPSA) is 60.5 Å². The molecule has 0 unspecified atom stereocenters. The average Bonchev–Trinajstić information content (AvgIpc) is 2.40. The zero-order valence-corrected chi connectivity index (χ0v) is 12.3. The van der Waals surface area contributed by atoms with Crippen molar-refractivity contribution in [3.8, 4) is 0 Å². The van der Waals surface area contributed by atoms with Crippen molar-refractivity contribution in [2.24, 2.45) is 0 Å². The highest BCUT2D eigenvalue weighted by Crippen LogP contribution is 2.13. The number of carbonyl (C=O) groups is 1. The molecular formula is C15H22N2O3. The number of hydrogen-bond acceptors (Lipinski definition) is 4. The average molecular weight is 278 g/mol. The second-order valence-electron chi connectivity index (χ2n) is 5.08. The first-order chi connectivity index (χ1) is 9.60. The highest BCUT2D eigenvalue weighted by molar-refractivity contribution is 5.94.